The van der Waals surface area contributed by atoms with Crippen LogP contribution in [0.5, 0.6) is 0 Å². The second-order valence-electron chi connectivity index (χ2n) is 4.12. The lowest BCUT2D eigenvalue weighted by Gasteiger charge is -2.09. The van der Waals surface area contributed by atoms with E-state index in [1.54, 1.807) is 6.07 Å². The van der Waals surface area contributed by atoms with Gasteiger partial charge in [0.05, 0.1) is 11.6 Å². The van der Waals surface area contributed by atoms with E-state index in [9.17, 15) is 0 Å². The summed E-state index contributed by atoms with van der Waals surface area (Å²) in [7, 11) is 0. The summed E-state index contributed by atoms with van der Waals surface area (Å²) in [6.45, 7) is 2.76. The molecule has 90 valence electrons. The minimum atomic E-state index is 0.660. The van der Waals surface area contributed by atoms with Crippen molar-refractivity contribution >= 4 is 17.3 Å². The molecule has 0 saturated heterocycles. The fourth-order valence-corrected chi connectivity index (χ4v) is 1.98. The molecule has 0 atom stereocenters. The average molecular weight is 257 g/mol. The third-order valence-electron chi connectivity index (χ3n) is 2.78. The Hall–Kier alpha value is -1.98. The molecule has 2 rings (SSSR count). The predicted molar refractivity (Wildman–Crippen MR) is 74.7 cm³/mol. The molecule has 3 heteroatoms. The summed E-state index contributed by atoms with van der Waals surface area (Å²) < 4.78 is 0. The fourth-order valence-electron chi connectivity index (χ4n) is 1.75. The highest BCUT2D eigenvalue weighted by atomic mass is 35.5. The third kappa shape index (κ3) is 3.03. The van der Waals surface area contributed by atoms with Gasteiger partial charge in [-0.25, -0.2) is 0 Å². The van der Waals surface area contributed by atoms with E-state index >= 15 is 0 Å². The highest BCUT2D eigenvalue weighted by Crippen LogP contribution is 2.17. The quantitative estimate of drug-likeness (QED) is 0.896. The number of halogens is 1. The van der Waals surface area contributed by atoms with Crippen molar-refractivity contribution in [2.75, 3.05) is 5.32 Å². The first-order valence-electron chi connectivity index (χ1n) is 5.68. The van der Waals surface area contributed by atoms with E-state index in [2.05, 4.69) is 11.4 Å². The molecule has 2 nitrogen and oxygen atoms in total. The molecule has 0 bridgehead atoms. The van der Waals surface area contributed by atoms with Crippen LogP contribution in [-0.2, 0) is 6.54 Å². The second-order valence-corrected chi connectivity index (χ2v) is 4.55. The zero-order chi connectivity index (χ0) is 13.0. The predicted octanol–water partition coefficient (Wildman–Crippen LogP) is 4.13. The molecule has 0 fully saturated rings. The highest BCUT2D eigenvalue weighted by molar-refractivity contribution is 6.30. The first kappa shape index (κ1) is 12.5. The van der Waals surface area contributed by atoms with E-state index in [0.717, 1.165) is 22.8 Å². The number of anilines is 1. The van der Waals surface area contributed by atoms with Gasteiger partial charge < -0.3 is 5.32 Å². The summed E-state index contributed by atoms with van der Waals surface area (Å²) in [4.78, 5) is 0. The number of hydrogen-bond acceptors (Lipinski definition) is 2. The van der Waals surface area contributed by atoms with Gasteiger partial charge in [0.2, 0.25) is 0 Å². The normalized spacial score (nSPS) is 9.83. The Morgan fingerprint density at radius 1 is 1.22 bits per heavy atom. The summed E-state index contributed by atoms with van der Waals surface area (Å²) in [5, 5.41) is 12.9. The number of hydrogen-bond donors (Lipinski definition) is 1. The Balaban J connectivity index is 2.09. The molecule has 0 spiro atoms. The van der Waals surface area contributed by atoms with Gasteiger partial charge in [0, 0.05) is 17.3 Å². The molecule has 0 radical (unpaired) electrons. The topological polar surface area (TPSA) is 35.8 Å². The lowest BCUT2D eigenvalue weighted by atomic mass is 10.1. The number of nitriles is 1. The van der Waals surface area contributed by atoms with E-state index in [-0.39, 0.29) is 0 Å². The molecule has 0 aromatic heterocycles. The summed E-state index contributed by atoms with van der Waals surface area (Å²) >= 11 is 5.92. The Bertz CT molecular complexity index is 600. The maximum absolute atomic E-state index is 8.83. The summed E-state index contributed by atoms with van der Waals surface area (Å²) in [6, 6.07) is 15.4. The second kappa shape index (κ2) is 5.57. The van der Waals surface area contributed by atoms with Crippen molar-refractivity contribution in [3.8, 4) is 6.07 Å². The van der Waals surface area contributed by atoms with E-state index in [0.29, 0.717) is 5.56 Å². The van der Waals surface area contributed by atoms with Crippen molar-refractivity contribution in [3.05, 3.63) is 64.2 Å². The Kier molecular flexibility index (Phi) is 3.86. The van der Waals surface area contributed by atoms with Gasteiger partial charge in [0.1, 0.15) is 0 Å². The number of nitrogens with one attached hydrogen (secondary N) is 1. The number of rotatable bonds is 3. The van der Waals surface area contributed by atoms with Gasteiger partial charge in [-0.15, -0.1) is 0 Å². The van der Waals surface area contributed by atoms with Crippen molar-refractivity contribution < 1.29 is 0 Å². The van der Waals surface area contributed by atoms with Gasteiger partial charge >= 0.3 is 0 Å². The van der Waals surface area contributed by atoms with Crippen LogP contribution in [0.4, 0.5) is 5.69 Å². The molecule has 0 aliphatic carbocycles. The van der Waals surface area contributed by atoms with Crippen molar-refractivity contribution in [2.24, 2.45) is 0 Å². The molecule has 1 N–H and O–H groups in total. The van der Waals surface area contributed by atoms with Crippen molar-refractivity contribution in [1.82, 2.24) is 0 Å². The van der Waals surface area contributed by atoms with Crippen molar-refractivity contribution in [2.45, 2.75) is 13.5 Å². The molecule has 0 aliphatic heterocycles. The van der Waals surface area contributed by atoms with E-state index in [1.807, 2.05) is 43.3 Å². The minimum Gasteiger partial charge on any atom is -0.381 e. The maximum atomic E-state index is 8.83. The first-order valence-corrected chi connectivity index (χ1v) is 6.06. The third-order valence-corrected chi connectivity index (χ3v) is 3.01. The Labute approximate surface area is 112 Å². The van der Waals surface area contributed by atoms with Gasteiger partial charge in [-0.1, -0.05) is 23.7 Å². The van der Waals surface area contributed by atoms with Gasteiger partial charge in [-0.2, -0.15) is 5.26 Å². The van der Waals surface area contributed by atoms with Gasteiger partial charge in [-0.3, -0.25) is 0 Å². The summed E-state index contributed by atoms with van der Waals surface area (Å²) in [5.41, 5.74) is 3.96. The molecule has 0 saturated carbocycles. The molecule has 2 aromatic carbocycles. The average Bonchev–Trinajstić information content (AvgIpc) is 2.38. The largest absolute Gasteiger partial charge is 0.381 e. The Morgan fingerprint density at radius 3 is 2.78 bits per heavy atom. The zero-order valence-electron chi connectivity index (χ0n) is 10.1. The van der Waals surface area contributed by atoms with Crippen LogP contribution in [0.2, 0.25) is 5.02 Å². The molecule has 0 amide bonds. The van der Waals surface area contributed by atoms with Crippen LogP contribution in [0.15, 0.2) is 42.5 Å². The molecular formula is C15H13ClN2. The molecule has 0 unspecified atom stereocenters. The van der Waals surface area contributed by atoms with Crippen LogP contribution < -0.4 is 5.32 Å². The summed E-state index contributed by atoms with van der Waals surface area (Å²) in [6.07, 6.45) is 0. The van der Waals surface area contributed by atoms with Gasteiger partial charge in [-0.05, 0) is 48.4 Å². The summed E-state index contributed by atoms with van der Waals surface area (Å²) in [5.74, 6) is 0. The van der Waals surface area contributed by atoms with Crippen LogP contribution in [-0.4, -0.2) is 0 Å². The van der Waals surface area contributed by atoms with Crippen molar-refractivity contribution in [3.63, 3.8) is 0 Å². The van der Waals surface area contributed by atoms with E-state index in [1.165, 1.54) is 5.56 Å². The molecule has 2 aromatic rings. The van der Waals surface area contributed by atoms with Crippen LogP contribution in [0.3, 0.4) is 0 Å². The lowest BCUT2D eigenvalue weighted by molar-refractivity contribution is 1.12. The van der Waals surface area contributed by atoms with Crippen LogP contribution >= 0.6 is 11.6 Å². The minimum absolute atomic E-state index is 0.660. The number of benzene rings is 2. The van der Waals surface area contributed by atoms with Crippen LogP contribution in [0, 0.1) is 18.3 Å². The standard InChI is InChI=1S/C15H13ClN2/c1-11-7-14(16)6-5-13(11)10-18-15-4-2-3-12(8-15)9-17/h2-8,18H,10H2,1H3. The zero-order valence-corrected chi connectivity index (χ0v) is 10.8. The molecule has 18 heavy (non-hydrogen) atoms. The maximum Gasteiger partial charge on any atom is 0.0992 e. The van der Waals surface area contributed by atoms with Gasteiger partial charge in [0.25, 0.3) is 0 Å². The lowest BCUT2D eigenvalue weighted by Crippen LogP contribution is -2.01. The van der Waals surface area contributed by atoms with Crippen LogP contribution in [0.1, 0.15) is 16.7 Å². The number of aryl methyl sites for hydroxylation is 1. The van der Waals surface area contributed by atoms with Gasteiger partial charge in [0.15, 0.2) is 0 Å². The fraction of sp³-hybridized carbons (Fsp3) is 0.133. The monoisotopic (exact) mass is 256 g/mol. The Morgan fingerprint density at radius 2 is 2.06 bits per heavy atom. The van der Waals surface area contributed by atoms with E-state index in [4.69, 9.17) is 16.9 Å². The van der Waals surface area contributed by atoms with Crippen LogP contribution in [0.25, 0.3) is 0 Å². The smallest absolute Gasteiger partial charge is 0.0992 e. The number of nitrogens with zero attached hydrogens (tertiary/aromatic N) is 1. The van der Waals surface area contributed by atoms with E-state index < -0.39 is 0 Å². The molecular weight excluding hydrogens is 244 g/mol. The first-order chi connectivity index (χ1) is 8.69. The highest BCUT2D eigenvalue weighted by Gasteiger charge is 2.00. The SMILES string of the molecule is Cc1cc(Cl)ccc1CNc1cccc(C#N)c1. The van der Waals surface area contributed by atoms with Crippen molar-refractivity contribution in [1.29, 1.82) is 5.26 Å². The molecule has 0 heterocycles. The molecule has 0 aliphatic rings.